The van der Waals surface area contributed by atoms with Gasteiger partial charge in [0.1, 0.15) is 11.2 Å². The fourth-order valence-electron chi connectivity index (χ4n) is 6.25. The summed E-state index contributed by atoms with van der Waals surface area (Å²) in [6, 6.07) is 0. The van der Waals surface area contributed by atoms with Gasteiger partial charge in [-0.3, -0.25) is 0 Å². The van der Waals surface area contributed by atoms with E-state index in [2.05, 4.69) is 39.8 Å². The summed E-state index contributed by atoms with van der Waals surface area (Å²) in [7, 11) is 0. The third-order valence-electron chi connectivity index (χ3n) is 6.91. The lowest BCUT2D eigenvalue weighted by Crippen LogP contribution is -2.35. The van der Waals surface area contributed by atoms with Gasteiger partial charge in [-0.05, 0) is 58.3 Å². The van der Waals surface area contributed by atoms with Gasteiger partial charge in [-0.25, -0.2) is 0 Å². The van der Waals surface area contributed by atoms with Crippen molar-refractivity contribution in [3.63, 3.8) is 0 Å². The molecule has 5 aliphatic rings. The number of rotatable bonds is 0. The summed E-state index contributed by atoms with van der Waals surface area (Å²) < 4.78 is 12.4. The second-order valence-corrected chi connectivity index (χ2v) is 8.06. The van der Waals surface area contributed by atoms with Crippen LogP contribution in [0.4, 0.5) is 0 Å². The van der Waals surface area contributed by atoms with Crippen LogP contribution in [0.1, 0.15) is 40.5 Å². The van der Waals surface area contributed by atoms with E-state index in [4.69, 9.17) is 9.47 Å². The van der Waals surface area contributed by atoms with E-state index in [0.717, 1.165) is 11.8 Å². The average molecular weight is 246 g/mol. The van der Waals surface area contributed by atoms with Crippen molar-refractivity contribution in [1.29, 1.82) is 0 Å². The molecule has 4 fully saturated rings. The molecule has 0 amide bonds. The van der Waals surface area contributed by atoms with Gasteiger partial charge >= 0.3 is 0 Å². The van der Waals surface area contributed by atoms with Crippen molar-refractivity contribution in [2.24, 2.45) is 23.7 Å². The molecule has 2 spiro atoms. The number of epoxide rings is 2. The number of ether oxygens (including phenoxy) is 2. The van der Waals surface area contributed by atoms with Gasteiger partial charge in [-0.2, -0.15) is 0 Å². The number of allylic oxidation sites excluding steroid dienone is 1. The third kappa shape index (κ3) is 0.757. The van der Waals surface area contributed by atoms with E-state index in [9.17, 15) is 0 Å². The van der Waals surface area contributed by atoms with Gasteiger partial charge < -0.3 is 9.47 Å². The molecule has 2 saturated carbocycles. The molecule has 2 heteroatoms. The van der Waals surface area contributed by atoms with Crippen LogP contribution in [0.2, 0.25) is 0 Å². The Morgan fingerprint density at radius 2 is 1.56 bits per heavy atom. The molecular weight excluding hydrogens is 224 g/mol. The molecule has 2 nitrogen and oxygen atoms in total. The molecule has 3 aliphatic carbocycles. The lowest BCUT2D eigenvalue weighted by molar-refractivity contribution is 0.165. The Labute approximate surface area is 109 Å². The molecule has 2 aliphatic heterocycles. The van der Waals surface area contributed by atoms with E-state index >= 15 is 0 Å². The van der Waals surface area contributed by atoms with Crippen LogP contribution >= 0.6 is 0 Å². The minimum absolute atomic E-state index is 0.0481. The van der Waals surface area contributed by atoms with Crippen LogP contribution in [-0.4, -0.2) is 22.4 Å². The van der Waals surface area contributed by atoms with Gasteiger partial charge in [0.05, 0.1) is 11.2 Å². The topological polar surface area (TPSA) is 25.1 Å². The Morgan fingerprint density at radius 3 is 2.11 bits per heavy atom. The Balaban J connectivity index is 1.62. The molecule has 0 aromatic heterocycles. The minimum atomic E-state index is 0.0481. The highest BCUT2D eigenvalue weighted by Crippen LogP contribution is 2.79. The van der Waals surface area contributed by atoms with E-state index < -0.39 is 0 Å². The molecule has 0 unspecified atom stereocenters. The zero-order valence-corrected chi connectivity index (χ0v) is 11.7. The van der Waals surface area contributed by atoms with Crippen LogP contribution < -0.4 is 0 Å². The van der Waals surface area contributed by atoms with Gasteiger partial charge in [0.2, 0.25) is 0 Å². The first kappa shape index (κ1) is 10.4. The molecule has 2 heterocycles. The van der Waals surface area contributed by atoms with Gasteiger partial charge in [0, 0.05) is 5.92 Å². The fraction of sp³-hybridized carbons (Fsp3) is 0.875. The molecule has 0 N–H and O–H groups in total. The maximum Gasteiger partial charge on any atom is 0.119 e. The Bertz CT molecular complexity index is 491. The predicted octanol–water partition coefficient (Wildman–Crippen LogP) is 2.92. The van der Waals surface area contributed by atoms with Crippen molar-refractivity contribution in [3.05, 3.63) is 12.2 Å². The monoisotopic (exact) mass is 246 g/mol. The summed E-state index contributed by atoms with van der Waals surface area (Å²) in [5.74, 6) is 2.87. The highest BCUT2D eigenvalue weighted by molar-refractivity contribution is 5.41. The van der Waals surface area contributed by atoms with Crippen LogP contribution in [0.25, 0.3) is 0 Å². The maximum absolute atomic E-state index is 6.28. The van der Waals surface area contributed by atoms with Gasteiger partial charge in [-0.15, -0.1) is 0 Å². The lowest BCUT2D eigenvalue weighted by Gasteiger charge is -2.28. The smallest absolute Gasteiger partial charge is 0.119 e. The maximum atomic E-state index is 6.28. The fourth-order valence-corrected chi connectivity index (χ4v) is 6.25. The largest absolute Gasteiger partial charge is 0.362 e. The minimum Gasteiger partial charge on any atom is -0.362 e. The van der Waals surface area contributed by atoms with Gasteiger partial charge in [-0.1, -0.05) is 12.2 Å². The lowest BCUT2D eigenvalue weighted by atomic mass is 9.73. The van der Waals surface area contributed by atoms with Crippen molar-refractivity contribution < 1.29 is 9.47 Å². The SMILES string of the molecule is CC1(C)O[C@]12[C@H]1CC[C@H]2[C@H]2[C@H]1C=C[C@]21OC1(C)C. The van der Waals surface area contributed by atoms with Crippen molar-refractivity contribution in [1.82, 2.24) is 0 Å². The predicted molar refractivity (Wildman–Crippen MR) is 68.1 cm³/mol. The zero-order valence-electron chi connectivity index (χ0n) is 11.7. The number of hydrogen-bond donors (Lipinski definition) is 0. The Hall–Kier alpha value is -0.340. The van der Waals surface area contributed by atoms with E-state index in [1.807, 2.05) is 0 Å². The first-order valence-corrected chi connectivity index (χ1v) is 7.45. The number of hydrogen-bond acceptors (Lipinski definition) is 2. The standard InChI is InChI=1S/C16H22O2/c1-13(2)15(17-13)8-7-9-10-5-6-11(12(9)15)16(10)14(3,4)18-16/h7-12H,5-6H2,1-4H3/t9-,10-,11-,12+,15-,16-/m0/s1. The van der Waals surface area contributed by atoms with Crippen LogP contribution in [0.3, 0.4) is 0 Å². The zero-order chi connectivity index (χ0) is 12.6. The second-order valence-electron chi connectivity index (χ2n) is 8.06. The van der Waals surface area contributed by atoms with Gasteiger partial charge in [0.15, 0.2) is 0 Å². The second kappa shape index (κ2) is 2.35. The summed E-state index contributed by atoms with van der Waals surface area (Å²) in [5, 5.41) is 0. The molecule has 5 rings (SSSR count). The molecule has 0 aromatic rings. The summed E-state index contributed by atoms with van der Waals surface area (Å²) >= 11 is 0. The molecule has 6 atom stereocenters. The van der Waals surface area contributed by atoms with Crippen molar-refractivity contribution in [2.45, 2.75) is 62.9 Å². The summed E-state index contributed by atoms with van der Waals surface area (Å²) in [6.45, 7) is 9.07. The normalized spacial score (nSPS) is 63.8. The molecular formula is C16H22O2. The van der Waals surface area contributed by atoms with E-state index in [0.29, 0.717) is 11.8 Å². The summed E-state index contributed by atoms with van der Waals surface area (Å²) in [4.78, 5) is 0. The molecule has 18 heavy (non-hydrogen) atoms. The quantitative estimate of drug-likeness (QED) is 0.485. The highest BCUT2D eigenvalue weighted by atomic mass is 16.6. The van der Waals surface area contributed by atoms with E-state index in [-0.39, 0.29) is 22.4 Å². The third-order valence-corrected chi connectivity index (χ3v) is 6.91. The van der Waals surface area contributed by atoms with Crippen LogP contribution in [0.5, 0.6) is 0 Å². The Kier molecular flexibility index (Phi) is 1.37. The van der Waals surface area contributed by atoms with Crippen molar-refractivity contribution >= 4 is 0 Å². The van der Waals surface area contributed by atoms with Crippen molar-refractivity contribution in [2.75, 3.05) is 0 Å². The van der Waals surface area contributed by atoms with Crippen LogP contribution in [0.15, 0.2) is 12.2 Å². The van der Waals surface area contributed by atoms with Gasteiger partial charge in [0.25, 0.3) is 0 Å². The van der Waals surface area contributed by atoms with E-state index in [1.165, 1.54) is 12.8 Å². The molecule has 98 valence electrons. The first-order chi connectivity index (χ1) is 8.36. The summed E-state index contributed by atoms with van der Waals surface area (Å²) in [6.07, 6.45) is 7.55. The summed E-state index contributed by atoms with van der Waals surface area (Å²) in [5.41, 5.74) is 0.402. The Morgan fingerprint density at radius 1 is 0.944 bits per heavy atom. The molecule has 0 aromatic carbocycles. The number of fused-ring (bicyclic) bond motifs is 4. The van der Waals surface area contributed by atoms with E-state index in [1.54, 1.807) is 0 Å². The van der Waals surface area contributed by atoms with Crippen molar-refractivity contribution in [3.8, 4) is 0 Å². The highest BCUT2D eigenvalue weighted by Gasteiger charge is 2.86. The van der Waals surface area contributed by atoms with Crippen LogP contribution in [0, 0.1) is 23.7 Å². The molecule has 0 radical (unpaired) electrons. The molecule has 2 saturated heterocycles. The molecule has 2 bridgehead atoms. The van der Waals surface area contributed by atoms with Crippen LogP contribution in [-0.2, 0) is 9.47 Å². The average Bonchev–Trinajstić information content (AvgIpc) is 2.80. The first-order valence-electron chi connectivity index (χ1n) is 7.45.